The van der Waals surface area contributed by atoms with Crippen molar-refractivity contribution in [1.29, 1.82) is 0 Å². The topological polar surface area (TPSA) is 66.4 Å². The summed E-state index contributed by atoms with van der Waals surface area (Å²) >= 11 is 0. The maximum absolute atomic E-state index is 10.4. The molecule has 1 aliphatic heterocycles. The summed E-state index contributed by atoms with van der Waals surface area (Å²) in [6, 6.07) is 5.78. The summed E-state index contributed by atoms with van der Waals surface area (Å²) < 4.78 is 35.9. The normalized spacial score (nSPS) is 14.8. The zero-order valence-electron chi connectivity index (χ0n) is 8.47. The summed E-state index contributed by atoms with van der Waals surface area (Å²) in [5, 5.41) is 0. The van der Waals surface area contributed by atoms with Crippen molar-refractivity contribution < 1.29 is 17.7 Å². The van der Waals surface area contributed by atoms with Crippen molar-refractivity contribution in [2.75, 3.05) is 13.2 Å². The molecule has 1 saturated heterocycles. The maximum Gasteiger partial charge on any atom is 0.124 e. The van der Waals surface area contributed by atoms with Gasteiger partial charge >= 0.3 is 0 Å². The molecule has 1 fully saturated rings. The van der Waals surface area contributed by atoms with Crippen LogP contribution >= 0.6 is 0 Å². The molecule has 0 bridgehead atoms. The van der Waals surface area contributed by atoms with Crippen molar-refractivity contribution in [3.8, 4) is 0 Å². The van der Waals surface area contributed by atoms with Crippen molar-refractivity contribution in [3.63, 3.8) is 0 Å². The second kappa shape index (κ2) is 5.25. The molecule has 0 aliphatic carbocycles. The Kier molecular flexibility index (Phi) is 4.26. The van der Waals surface area contributed by atoms with Gasteiger partial charge < -0.3 is 9.29 Å². The number of ether oxygens (including phenoxy) is 1. The Labute approximate surface area is 89.6 Å². The summed E-state index contributed by atoms with van der Waals surface area (Å²) in [6.07, 6.45) is 1.28. The molecule has 0 spiro atoms. The highest BCUT2D eigenvalue weighted by atomic mass is 32.2. The van der Waals surface area contributed by atoms with Crippen molar-refractivity contribution in [3.05, 3.63) is 29.8 Å². The molecule has 2 rings (SSSR count). The Hall–Kier alpha value is -0.910. The summed E-state index contributed by atoms with van der Waals surface area (Å²) in [5.41, 5.74) is 0.928. The van der Waals surface area contributed by atoms with Crippen molar-refractivity contribution in [2.45, 2.75) is 18.2 Å². The summed E-state index contributed by atoms with van der Waals surface area (Å²) in [7, 11) is -4.27. The van der Waals surface area contributed by atoms with E-state index >= 15 is 0 Å². The van der Waals surface area contributed by atoms with Crippen molar-refractivity contribution in [2.24, 2.45) is 0 Å². The lowest BCUT2D eigenvalue weighted by Gasteiger charge is -2.09. The first-order chi connectivity index (χ1) is 7.00. The molecule has 84 valence electrons. The molecule has 4 nitrogen and oxygen atoms in total. The predicted octanol–water partition coefficient (Wildman–Crippen LogP) is 1.31. The standard InChI is InChI=1S/C7H8O3S.C3H6O/c1-6-2-4-7(5-3-6)11(8,9)10;1-2-4-3-1/h2-5H,1H3,(H,8,9,10);1-3H2/p-1. The minimum Gasteiger partial charge on any atom is -0.744 e. The van der Waals surface area contributed by atoms with Gasteiger partial charge in [-0.3, -0.25) is 0 Å². The molecular formula is C10H13O4S-. The Morgan fingerprint density at radius 3 is 1.87 bits per heavy atom. The van der Waals surface area contributed by atoms with Gasteiger partial charge in [0.05, 0.1) is 4.90 Å². The fraction of sp³-hybridized carbons (Fsp3) is 0.400. The second-order valence-electron chi connectivity index (χ2n) is 3.23. The summed E-state index contributed by atoms with van der Waals surface area (Å²) in [4.78, 5) is -0.178. The predicted molar refractivity (Wildman–Crippen MR) is 54.6 cm³/mol. The van der Waals surface area contributed by atoms with Gasteiger partial charge in [0.15, 0.2) is 0 Å². The van der Waals surface area contributed by atoms with E-state index in [-0.39, 0.29) is 4.90 Å². The molecule has 1 heterocycles. The smallest absolute Gasteiger partial charge is 0.124 e. The van der Waals surface area contributed by atoms with E-state index in [1.54, 1.807) is 12.1 Å². The molecular weight excluding hydrogens is 216 g/mol. The van der Waals surface area contributed by atoms with Crippen LogP contribution in [-0.4, -0.2) is 26.2 Å². The van der Waals surface area contributed by atoms with Crippen LogP contribution in [0.2, 0.25) is 0 Å². The monoisotopic (exact) mass is 229 g/mol. The molecule has 0 saturated carbocycles. The van der Waals surface area contributed by atoms with Gasteiger partial charge in [-0.1, -0.05) is 17.7 Å². The highest BCUT2D eigenvalue weighted by Crippen LogP contribution is 2.08. The van der Waals surface area contributed by atoms with Crippen LogP contribution in [0.1, 0.15) is 12.0 Å². The largest absolute Gasteiger partial charge is 0.744 e. The molecule has 5 heteroatoms. The Bertz CT molecular complexity index is 386. The molecule has 1 aromatic rings. The second-order valence-corrected chi connectivity index (χ2v) is 4.61. The van der Waals surface area contributed by atoms with E-state index in [2.05, 4.69) is 0 Å². The fourth-order valence-electron chi connectivity index (χ4n) is 0.849. The van der Waals surface area contributed by atoms with Gasteiger partial charge in [0.1, 0.15) is 10.1 Å². The van der Waals surface area contributed by atoms with Gasteiger partial charge in [0.25, 0.3) is 0 Å². The van der Waals surface area contributed by atoms with E-state index in [1.165, 1.54) is 18.6 Å². The van der Waals surface area contributed by atoms with Gasteiger partial charge in [-0.05, 0) is 25.5 Å². The number of rotatable bonds is 1. The van der Waals surface area contributed by atoms with Gasteiger partial charge in [0.2, 0.25) is 0 Å². The van der Waals surface area contributed by atoms with E-state index in [0.29, 0.717) is 0 Å². The Balaban J connectivity index is 0.000000234. The number of hydrogen-bond donors (Lipinski definition) is 0. The molecule has 0 radical (unpaired) electrons. The van der Waals surface area contributed by atoms with E-state index in [1.807, 2.05) is 6.92 Å². The molecule has 0 aromatic heterocycles. The molecule has 0 atom stereocenters. The van der Waals surface area contributed by atoms with Crippen LogP contribution in [-0.2, 0) is 14.9 Å². The lowest BCUT2D eigenvalue weighted by atomic mass is 10.2. The van der Waals surface area contributed by atoms with Crippen LogP contribution in [0.15, 0.2) is 29.2 Å². The summed E-state index contributed by atoms with van der Waals surface area (Å²) in [6.45, 7) is 3.82. The SMILES string of the molecule is C1COC1.Cc1ccc(S(=O)(=O)[O-])cc1. The minimum atomic E-state index is -4.27. The van der Waals surface area contributed by atoms with Crippen LogP contribution in [0.3, 0.4) is 0 Å². The Morgan fingerprint density at radius 1 is 1.20 bits per heavy atom. The third-order valence-electron chi connectivity index (χ3n) is 1.89. The average molecular weight is 229 g/mol. The van der Waals surface area contributed by atoms with Crippen molar-refractivity contribution in [1.82, 2.24) is 0 Å². The highest BCUT2D eigenvalue weighted by molar-refractivity contribution is 7.85. The zero-order valence-corrected chi connectivity index (χ0v) is 9.29. The Morgan fingerprint density at radius 2 is 1.60 bits per heavy atom. The van der Waals surface area contributed by atoms with E-state index in [4.69, 9.17) is 4.74 Å². The summed E-state index contributed by atoms with van der Waals surface area (Å²) in [5.74, 6) is 0. The lowest BCUT2D eigenvalue weighted by Crippen LogP contribution is -2.09. The van der Waals surface area contributed by atoms with Crippen molar-refractivity contribution >= 4 is 10.1 Å². The first kappa shape index (κ1) is 12.2. The van der Waals surface area contributed by atoms with Gasteiger partial charge in [-0.25, -0.2) is 8.42 Å². The number of benzene rings is 1. The molecule has 15 heavy (non-hydrogen) atoms. The molecule has 1 aromatic carbocycles. The first-order valence-electron chi connectivity index (χ1n) is 4.60. The van der Waals surface area contributed by atoms with Crippen LogP contribution in [0, 0.1) is 6.92 Å². The van der Waals surface area contributed by atoms with Crippen LogP contribution in [0.5, 0.6) is 0 Å². The van der Waals surface area contributed by atoms with Gasteiger partial charge in [0, 0.05) is 13.2 Å². The van der Waals surface area contributed by atoms with Crippen LogP contribution < -0.4 is 0 Å². The number of hydrogen-bond acceptors (Lipinski definition) is 4. The van der Waals surface area contributed by atoms with E-state index < -0.39 is 10.1 Å². The van der Waals surface area contributed by atoms with E-state index in [0.717, 1.165) is 18.8 Å². The minimum absolute atomic E-state index is 0.178. The van der Waals surface area contributed by atoms with Crippen LogP contribution in [0.4, 0.5) is 0 Å². The number of aryl methyl sites for hydroxylation is 1. The van der Waals surface area contributed by atoms with E-state index in [9.17, 15) is 13.0 Å². The zero-order chi connectivity index (χ0) is 11.3. The molecule has 0 N–H and O–H groups in total. The fourth-order valence-corrected chi connectivity index (χ4v) is 1.32. The molecule has 0 amide bonds. The average Bonchev–Trinajstić information content (AvgIpc) is 1.99. The molecule has 1 aliphatic rings. The maximum atomic E-state index is 10.4. The van der Waals surface area contributed by atoms with Gasteiger partial charge in [-0.15, -0.1) is 0 Å². The third-order valence-corrected chi connectivity index (χ3v) is 2.74. The molecule has 0 unspecified atom stereocenters. The van der Waals surface area contributed by atoms with Gasteiger partial charge in [-0.2, -0.15) is 0 Å². The first-order valence-corrected chi connectivity index (χ1v) is 6.01. The third kappa shape index (κ3) is 4.42. The highest BCUT2D eigenvalue weighted by Gasteiger charge is 1.97. The quantitative estimate of drug-likeness (QED) is 0.681. The van der Waals surface area contributed by atoms with Crippen LogP contribution in [0.25, 0.3) is 0 Å². The lowest BCUT2D eigenvalue weighted by molar-refractivity contribution is 0.0367.